The zero-order chi connectivity index (χ0) is 35.3. The van der Waals surface area contributed by atoms with E-state index >= 15 is 0 Å². The van der Waals surface area contributed by atoms with Crippen LogP contribution < -0.4 is 5.32 Å². The Morgan fingerprint density at radius 1 is 0.660 bits per heavy atom. The molecule has 3 aromatic carbocycles. The summed E-state index contributed by atoms with van der Waals surface area (Å²) in [6, 6.07) is 9.50. The molecular formula is C35H38F9NO2. The van der Waals surface area contributed by atoms with Crippen LogP contribution in [0.3, 0.4) is 0 Å². The fourth-order valence-electron chi connectivity index (χ4n) is 5.24. The van der Waals surface area contributed by atoms with Crippen LogP contribution in [0, 0.1) is 11.8 Å². The predicted molar refractivity (Wildman–Crippen MR) is 163 cm³/mol. The number of hydrogen-bond acceptors (Lipinski definition) is 3. The molecule has 0 spiro atoms. The zero-order valence-electron chi connectivity index (χ0n) is 26.6. The van der Waals surface area contributed by atoms with Gasteiger partial charge in [0.15, 0.2) is 0 Å². The topological polar surface area (TPSA) is 38.3 Å². The quantitative estimate of drug-likeness (QED) is 0.153. The van der Waals surface area contributed by atoms with Gasteiger partial charge in [0.05, 0.1) is 35.3 Å². The molecule has 0 aliphatic rings. The first kappa shape index (κ1) is 37.8. The third-order valence-corrected chi connectivity index (χ3v) is 7.57. The van der Waals surface area contributed by atoms with Crippen molar-refractivity contribution in [3.63, 3.8) is 0 Å². The molecule has 2 unspecified atom stereocenters. The van der Waals surface area contributed by atoms with E-state index in [9.17, 15) is 44.3 Å². The third-order valence-electron chi connectivity index (χ3n) is 7.57. The van der Waals surface area contributed by atoms with Gasteiger partial charge in [-0.3, -0.25) is 4.79 Å². The molecule has 0 amide bonds. The van der Waals surface area contributed by atoms with Crippen LogP contribution in [0.2, 0.25) is 0 Å². The SMILES string of the molecule is CCOC(=O)C(CC(C)C)c1cc(NC(CCC(C)C)c2cc(C(F)(F)F)cc(C(F)(F)F)c2)cc(-c2ccc(C(F)(F)F)cc2)c1. The van der Waals surface area contributed by atoms with Gasteiger partial charge in [0.25, 0.3) is 0 Å². The number of ether oxygens (including phenoxy) is 1. The highest BCUT2D eigenvalue weighted by atomic mass is 19.4. The van der Waals surface area contributed by atoms with Gasteiger partial charge < -0.3 is 10.1 Å². The maximum Gasteiger partial charge on any atom is 0.416 e. The number of benzene rings is 3. The maximum absolute atomic E-state index is 13.8. The zero-order valence-corrected chi connectivity index (χ0v) is 26.6. The molecule has 12 heteroatoms. The highest BCUT2D eigenvalue weighted by molar-refractivity contribution is 5.80. The van der Waals surface area contributed by atoms with Crippen molar-refractivity contribution >= 4 is 11.7 Å². The molecule has 0 radical (unpaired) electrons. The Bertz CT molecular complexity index is 1460. The lowest BCUT2D eigenvalue weighted by Crippen LogP contribution is -2.19. The average molecular weight is 676 g/mol. The highest BCUT2D eigenvalue weighted by Gasteiger charge is 2.38. The molecule has 258 valence electrons. The van der Waals surface area contributed by atoms with Crippen molar-refractivity contribution in [1.82, 2.24) is 0 Å². The summed E-state index contributed by atoms with van der Waals surface area (Å²) in [5.74, 6) is -1.27. The van der Waals surface area contributed by atoms with Gasteiger partial charge in [-0.2, -0.15) is 39.5 Å². The van der Waals surface area contributed by atoms with Gasteiger partial charge in [-0.25, -0.2) is 0 Å². The van der Waals surface area contributed by atoms with Gasteiger partial charge in [-0.1, -0.05) is 45.9 Å². The molecule has 0 aliphatic heterocycles. The Balaban J connectivity index is 2.24. The molecule has 3 rings (SSSR count). The van der Waals surface area contributed by atoms with E-state index in [0.29, 0.717) is 41.7 Å². The van der Waals surface area contributed by atoms with E-state index in [1.54, 1.807) is 25.1 Å². The summed E-state index contributed by atoms with van der Waals surface area (Å²) in [7, 11) is 0. The Labute approximate surface area is 268 Å². The van der Waals surface area contributed by atoms with Gasteiger partial charge in [0.2, 0.25) is 0 Å². The van der Waals surface area contributed by atoms with E-state index in [4.69, 9.17) is 4.74 Å². The number of carbonyl (C=O) groups is 1. The van der Waals surface area contributed by atoms with Crippen molar-refractivity contribution in [3.8, 4) is 11.1 Å². The lowest BCUT2D eigenvalue weighted by atomic mass is 9.87. The van der Waals surface area contributed by atoms with E-state index < -0.39 is 53.1 Å². The van der Waals surface area contributed by atoms with Crippen LogP contribution in [0.4, 0.5) is 45.2 Å². The molecule has 0 saturated heterocycles. The van der Waals surface area contributed by atoms with Gasteiger partial charge >= 0.3 is 24.5 Å². The lowest BCUT2D eigenvalue weighted by Gasteiger charge is -2.26. The molecule has 0 bridgehead atoms. The third kappa shape index (κ3) is 10.7. The number of hydrogen-bond donors (Lipinski definition) is 1. The molecule has 3 nitrogen and oxygen atoms in total. The monoisotopic (exact) mass is 675 g/mol. The number of alkyl halides is 9. The molecule has 2 atom stereocenters. The van der Waals surface area contributed by atoms with Gasteiger partial charge in [0.1, 0.15) is 0 Å². The molecule has 0 aromatic heterocycles. The Kier molecular flexibility index (Phi) is 12.1. The van der Waals surface area contributed by atoms with Crippen LogP contribution in [0.1, 0.15) is 93.7 Å². The minimum Gasteiger partial charge on any atom is -0.466 e. The maximum atomic E-state index is 13.8. The fraction of sp³-hybridized carbons (Fsp3) is 0.457. The summed E-state index contributed by atoms with van der Waals surface area (Å²) in [5, 5.41) is 3.11. The number of esters is 1. The highest BCUT2D eigenvalue weighted by Crippen LogP contribution is 2.40. The average Bonchev–Trinajstić information content (AvgIpc) is 2.96. The van der Waals surface area contributed by atoms with Crippen molar-refractivity contribution in [2.75, 3.05) is 11.9 Å². The molecule has 3 aromatic rings. The van der Waals surface area contributed by atoms with Gasteiger partial charge in [0, 0.05) is 5.69 Å². The predicted octanol–water partition coefficient (Wildman–Crippen LogP) is 11.7. The Hall–Kier alpha value is -3.70. The second-order valence-corrected chi connectivity index (χ2v) is 12.4. The van der Waals surface area contributed by atoms with E-state index in [1.165, 1.54) is 12.1 Å². The van der Waals surface area contributed by atoms with Crippen molar-refractivity contribution < 1.29 is 49.0 Å². The first-order valence-electron chi connectivity index (χ1n) is 15.2. The van der Waals surface area contributed by atoms with E-state index in [0.717, 1.165) is 12.1 Å². The second-order valence-electron chi connectivity index (χ2n) is 12.4. The van der Waals surface area contributed by atoms with Gasteiger partial charge in [-0.15, -0.1) is 0 Å². The summed E-state index contributed by atoms with van der Waals surface area (Å²) in [4.78, 5) is 13.1. The van der Waals surface area contributed by atoms with Crippen LogP contribution in [-0.2, 0) is 28.1 Å². The molecule has 0 heterocycles. The van der Waals surface area contributed by atoms with Crippen LogP contribution >= 0.6 is 0 Å². The van der Waals surface area contributed by atoms with Crippen molar-refractivity contribution in [2.24, 2.45) is 11.8 Å². The largest absolute Gasteiger partial charge is 0.466 e. The van der Waals surface area contributed by atoms with Crippen LogP contribution in [0.15, 0.2) is 60.7 Å². The number of carbonyl (C=O) groups excluding carboxylic acids is 1. The number of rotatable bonds is 12. The molecule has 0 aliphatic carbocycles. The minimum absolute atomic E-state index is 0.0141. The number of nitrogens with one attached hydrogen (secondary N) is 1. The van der Waals surface area contributed by atoms with Gasteiger partial charge in [-0.05, 0) is 103 Å². The van der Waals surface area contributed by atoms with Crippen LogP contribution in [0.25, 0.3) is 11.1 Å². The van der Waals surface area contributed by atoms with Crippen molar-refractivity contribution in [1.29, 1.82) is 0 Å². The second kappa shape index (κ2) is 15.0. The summed E-state index contributed by atoms with van der Waals surface area (Å²) >= 11 is 0. The smallest absolute Gasteiger partial charge is 0.416 e. The van der Waals surface area contributed by atoms with Crippen LogP contribution in [0.5, 0.6) is 0 Å². The minimum atomic E-state index is -5.04. The summed E-state index contributed by atoms with van der Waals surface area (Å²) in [6.07, 6.45) is -13.7. The molecule has 1 N–H and O–H groups in total. The molecule has 0 fully saturated rings. The Morgan fingerprint density at radius 3 is 1.68 bits per heavy atom. The summed E-state index contributed by atoms with van der Waals surface area (Å²) < 4.78 is 128. The number of halogens is 9. The summed E-state index contributed by atoms with van der Waals surface area (Å²) in [6.45, 7) is 9.23. The van der Waals surface area contributed by atoms with Crippen molar-refractivity contribution in [2.45, 2.75) is 84.4 Å². The molecule has 47 heavy (non-hydrogen) atoms. The summed E-state index contributed by atoms with van der Waals surface area (Å²) in [5.41, 5.74) is -2.58. The molecule has 0 saturated carbocycles. The normalized spacial score (nSPS) is 14.0. The van der Waals surface area contributed by atoms with E-state index in [2.05, 4.69) is 5.32 Å². The molecular weight excluding hydrogens is 637 g/mol. The lowest BCUT2D eigenvalue weighted by molar-refractivity contribution is -0.145. The van der Waals surface area contributed by atoms with E-state index in [1.807, 2.05) is 27.7 Å². The van der Waals surface area contributed by atoms with Crippen LogP contribution in [-0.4, -0.2) is 12.6 Å². The fourth-order valence-corrected chi connectivity index (χ4v) is 5.24. The van der Waals surface area contributed by atoms with Crippen molar-refractivity contribution in [3.05, 3.63) is 88.5 Å². The first-order valence-corrected chi connectivity index (χ1v) is 15.2. The van der Waals surface area contributed by atoms with E-state index in [-0.39, 0.29) is 42.2 Å². The standard InChI is InChI=1S/C35H38F9NO2/c1-6-47-32(46)30(13-21(4)5)24-14-23(22-8-10-26(11-9-22)33(36,37)38)17-29(18-24)45-31(12-7-20(2)3)25-15-27(34(39,40)41)19-28(16-25)35(42,43)44/h8-11,14-21,30-31,45H,6-7,12-13H2,1-5H3. The number of anilines is 1. The first-order chi connectivity index (χ1) is 21.7. The Morgan fingerprint density at radius 2 is 1.21 bits per heavy atom.